The average molecular weight is 191 g/mol. The molecule has 76 valence electrons. The molecule has 1 aromatic heterocycles. The molecular weight excluding hydrogens is 174 g/mol. The molecule has 0 fully saturated rings. The van der Waals surface area contributed by atoms with Crippen LogP contribution in [0.5, 0.6) is 0 Å². The minimum atomic E-state index is 0.369. The van der Waals surface area contributed by atoms with E-state index in [0.717, 1.165) is 17.1 Å². The minimum absolute atomic E-state index is 0.369. The van der Waals surface area contributed by atoms with Crippen molar-refractivity contribution in [1.29, 1.82) is 0 Å². The molecule has 3 heteroatoms. The van der Waals surface area contributed by atoms with Crippen LogP contribution < -0.4 is 5.73 Å². The lowest BCUT2D eigenvalue weighted by molar-refractivity contribution is 0.608. The van der Waals surface area contributed by atoms with Crippen molar-refractivity contribution in [2.45, 2.75) is 26.8 Å². The van der Waals surface area contributed by atoms with Crippen molar-refractivity contribution < 1.29 is 0 Å². The van der Waals surface area contributed by atoms with Gasteiger partial charge in [0.15, 0.2) is 0 Å². The molecule has 0 radical (unpaired) electrons. The Morgan fingerprint density at radius 1 is 1.64 bits per heavy atom. The van der Waals surface area contributed by atoms with Crippen LogP contribution in [-0.4, -0.2) is 11.3 Å². The fourth-order valence-corrected chi connectivity index (χ4v) is 1.40. The number of aromatic nitrogens is 1. The molecule has 0 bridgehead atoms. The van der Waals surface area contributed by atoms with Gasteiger partial charge >= 0.3 is 0 Å². The molecule has 0 amide bonds. The summed E-state index contributed by atoms with van der Waals surface area (Å²) in [7, 11) is 0. The summed E-state index contributed by atoms with van der Waals surface area (Å²) >= 11 is 0. The zero-order valence-electron chi connectivity index (χ0n) is 8.99. The first-order chi connectivity index (χ1) is 6.61. The second-order valence-electron chi connectivity index (χ2n) is 3.46. The van der Waals surface area contributed by atoms with E-state index in [0.29, 0.717) is 6.04 Å². The highest BCUT2D eigenvalue weighted by Crippen LogP contribution is 2.27. The molecule has 0 aromatic carbocycles. The van der Waals surface area contributed by atoms with Crippen molar-refractivity contribution in [3.63, 3.8) is 0 Å². The van der Waals surface area contributed by atoms with E-state index in [2.05, 4.69) is 30.1 Å². The van der Waals surface area contributed by atoms with E-state index < -0.39 is 0 Å². The molecule has 0 spiro atoms. The summed E-state index contributed by atoms with van der Waals surface area (Å²) in [5, 5.41) is 0. The summed E-state index contributed by atoms with van der Waals surface area (Å²) in [5.41, 5.74) is 7.54. The average Bonchev–Trinajstić information content (AvgIpc) is 2.59. The van der Waals surface area contributed by atoms with Gasteiger partial charge < -0.3 is 10.3 Å². The third kappa shape index (κ3) is 1.71. The quantitative estimate of drug-likeness (QED) is 0.733. The molecule has 0 saturated carbocycles. The predicted octanol–water partition coefficient (Wildman–Crippen LogP) is 2.72. The standard InChI is InChI=1S/C11H17N3/c1-5-10(12)9-6-7-14(8(2)3)11(9)13-4/h5-8H,4,12H2,1-3H3/b10-5+. The Morgan fingerprint density at radius 3 is 2.71 bits per heavy atom. The van der Waals surface area contributed by atoms with Crippen LogP contribution in [0.4, 0.5) is 5.82 Å². The number of hydrogen-bond donors (Lipinski definition) is 1. The van der Waals surface area contributed by atoms with Crippen LogP contribution in [0.3, 0.4) is 0 Å². The van der Waals surface area contributed by atoms with Crippen molar-refractivity contribution in [1.82, 2.24) is 4.57 Å². The predicted molar refractivity (Wildman–Crippen MR) is 61.9 cm³/mol. The van der Waals surface area contributed by atoms with E-state index >= 15 is 0 Å². The molecule has 0 saturated heterocycles. The van der Waals surface area contributed by atoms with Crippen molar-refractivity contribution in [3.8, 4) is 0 Å². The SMILES string of the molecule is C=Nc1c(/C(N)=C\C)ccn1C(C)C. The molecule has 0 aliphatic carbocycles. The van der Waals surface area contributed by atoms with Gasteiger partial charge in [0.1, 0.15) is 5.82 Å². The fourth-order valence-electron chi connectivity index (χ4n) is 1.40. The first-order valence-corrected chi connectivity index (χ1v) is 4.71. The van der Waals surface area contributed by atoms with Crippen LogP contribution in [0.2, 0.25) is 0 Å². The van der Waals surface area contributed by atoms with Crippen molar-refractivity contribution >= 4 is 18.2 Å². The Balaban J connectivity index is 3.27. The number of aliphatic imine (C=N–C) groups is 1. The summed E-state index contributed by atoms with van der Waals surface area (Å²) in [6.45, 7) is 9.68. The highest BCUT2D eigenvalue weighted by molar-refractivity contribution is 5.72. The molecule has 1 rings (SSSR count). The normalized spacial score (nSPS) is 12.1. The topological polar surface area (TPSA) is 43.3 Å². The van der Waals surface area contributed by atoms with E-state index in [-0.39, 0.29) is 0 Å². The number of nitrogens with two attached hydrogens (primary N) is 1. The fraction of sp³-hybridized carbons (Fsp3) is 0.364. The Kier molecular flexibility index (Phi) is 3.12. The second kappa shape index (κ2) is 4.13. The summed E-state index contributed by atoms with van der Waals surface area (Å²) in [5.74, 6) is 0.843. The van der Waals surface area contributed by atoms with Crippen molar-refractivity contribution in [2.24, 2.45) is 10.7 Å². The van der Waals surface area contributed by atoms with Crippen molar-refractivity contribution in [3.05, 3.63) is 23.9 Å². The van der Waals surface area contributed by atoms with Crippen LogP contribution in [-0.2, 0) is 0 Å². The van der Waals surface area contributed by atoms with Gasteiger partial charge in [-0.3, -0.25) is 0 Å². The maximum atomic E-state index is 5.84. The molecule has 2 N–H and O–H groups in total. The first-order valence-electron chi connectivity index (χ1n) is 4.71. The van der Waals surface area contributed by atoms with Gasteiger partial charge in [-0.05, 0) is 33.6 Å². The van der Waals surface area contributed by atoms with E-state index in [1.165, 1.54) is 0 Å². The van der Waals surface area contributed by atoms with Crippen LogP contribution in [0, 0.1) is 0 Å². The Bertz CT molecular complexity index is 359. The van der Waals surface area contributed by atoms with E-state index in [1.54, 1.807) is 0 Å². The lowest BCUT2D eigenvalue weighted by Gasteiger charge is -2.10. The maximum absolute atomic E-state index is 5.84. The van der Waals surface area contributed by atoms with Gasteiger partial charge in [0, 0.05) is 23.5 Å². The number of rotatable bonds is 3. The van der Waals surface area contributed by atoms with Gasteiger partial charge in [0.2, 0.25) is 0 Å². The van der Waals surface area contributed by atoms with Crippen molar-refractivity contribution in [2.75, 3.05) is 0 Å². The third-order valence-electron chi connectivity index (χ3n) is 2.22. The summed E-state index contributed by atoms with van der Waals surface area (Å²) < 4.78 is 2.05. The van der Waals surface area contributed by atoms with Gasteiger partial charge in [0.05, 0.1) is 0 Å². The van der Waals surface area contributed by atoms with Gasteiger partial charge in [-0.25, -0.2) is 4.99 Å². The van der Waals surface area contributed by atoms with Crippen LogP contribution >= 0.6 is 0 Å². The van der Waals surface area contributed by atoms with E-state index in [1.807, 2.05) is 25.3 Å². The highest BCUT2D eigenvalue weighted by atomic mass is 15.1. The Morgan fingerprint density at radius 2 is 2.29 bits per heavy atom. The highest BCUT2D eigenvalue weighted by Gasteiger charge is 2.10. The maximum Gasteiger partial charge on any atom is 0.141 e. The Labute approximate surface area is 85.0 Å². The zero-order valence-corrected chi connectivity index (χ0v) is 8.99. The van der Waals surface area contributed by atoms with Gasteiger partial charge in [0.25, 0.3) is 0 Å². The second-order valence-corrected chi connectivity index (χ2v) is 3.46. The first kappa shape index (κ1) is 10.6. The van der Waals surface area contributed by atoms with Crippen LogP contribution in [0.25, 0.3) is 5.70 Å². The Hall–Kier alpha value is -1.51. The lowest BCUT2D eigenvalue weighted by atomic mass is 10.2. The van der Waals surface area contributed by atoms with Crippen LogP contribution in [0.15, 0.2) is 23.3 Å². The summed E-state index contributed by atoms with van der Waals surface area (Å²) in [6, 6.07) is 2.34. The molecule has 3 nitrogen and oxygen atoms in total. The summed E-state index contributed by atoms with van der Waals surface area (Å²) in [4.78, 5) is 4.01. The van der Waals surface area contributed by atoms with E-state index in [4.69, 9.17) is 5.73 Å². The number of hydrogen-bond acceptors (Lipinski definition) is 2. The molecule has 14 heavy (non-hydrogen) atoms. The molecule has 0 aliphatic rings. The molecule has 0 atom stereocenters. The number of nitrogens with zero attached hydrogens (tertiary/aromatic N) is 2. The monoisotopic (exact) mass is 191 g/mol. The largest absolute Gasteiger partial charge is 0.398 e. The molecular formula is C11H17N3. The zero-order chi connectivity index (χ0) is 10.7. The third-order valence-corrected chi connectivity index (χ3v) is 2.22. The lowest BCUT2D eigenvalue weighted by Crippen LogP contribution is -2.00. The molecule has 1 heterocycles. The van der Waals surface area contributed by atoms with Gasteiger partial charge in [-0.1, -0.05) is 6.08 Å². The smallest absolute Gasteiger partial charge is 0.141 e. The van der Waals surface area contributed by atoms with Gasteiger partial charge in [-0.2, -0.15) is 0 Å². The number of allylic oxidation sites excluding steroid dienone is 1. The molecule has 1 aromatic rings. The van der Waals surface area contributed by atoms with Gasteiger partial charge in [-0.15, -0.1) is 0 Å². The van der Waals surface area contributed by atoms with Crippen LogP contribution in [0.1, 0.15) is 32.4 Å². The van der Waals surface area contributed by atoms with E-state index in [9.17, 15) is 0 Å². The summed E-state index contributed by atoms with van der Waals surface area (Å²) in [6.07, 6.45) is 3.86. The minimum Gasteiger partial charge on any atom is -0.398 e. The molecule has 0 unspecified atom stereocenters. The molecule has 0 aliphatic heterocycles.